The van der Waals surface area contributed by atoms with Crippen molar-refractivity contribution in [1.29, 1.82) is 0 Å². The zero-order valence-corrected chi connectivity index (χ0v) is 36.1. The molecule has 4 rings (SSSR count). The topological polar surface area (TPSA) is 241 Å². The summed E-state index contributed by atoms with van der Waals surface area (Å²) in [6.45, 7) is 15.5. The number of nitrogens with one attached hydrogen (secondary N) is 5. The second-order valence-corrected chi connectivity index (χ2v) is 16.2. The molecule has 1 amide bonds. The first-order valence-electron chi connectivity index (χ1n) is 18.8. The molecule has 0 saturated carbocycles. The predicted molar refractivity (Wildman–Crippen MR) is 232 cm³/mol. The summed E-state index contributed by atoms with van der Waals surface area (Å²) in [6, 6.07) is 17.8. The van der Waals surface area contributed by atoms with Crippen LogP contribution in [0.25, 0.3) is 22.3 Å². The van der Waals surface area contributed by atoms with E-state index in [4.69, 9.17) is 20.1 Å². The number of hydrogen-bond donors (Lipinski definition) is 6. The van der Waals surface area contributed by atoms with E-state index in [1.54, 1.807) is 111 Å². The monoisotopic (exact) mass is 850 g/mol. The van der Waals surface area contributed by atoms with Crippen LogP contribution in [0.15, 0.2) is 82.6 Å². The molecule has 4 aromatic rings. The second-order valence-electron chi connectivity index (χ2n) is 16.2. The minimum atomic E-state index is -0.789. The van der Waals surface area contributed by atoms with Crippen LogP contribution in [0.4, 0.5) is 16.4 Å². The molecule has 7 N–H and O–H groups in total. The number of carbonyl (C=O) groups excluding carboxylic acids is 5. The van der Waals surface area contributed by atoms with E-state index in [0.717, 1.165) is 0 Å². The Balaban J connectivity index is 0.000000418. The molecule has 0 aliphatic heterocycles. The summed E-state index contributed by atoms with van der Waals surface area (Å²) in [5.41, 5.74) is 5.76. The fourth-order valence-electron chi connectivity index (χ4n) is 5.35. The van der Waals surface area contributed by atoms with Crippen molar-refractivity contribution in [3.8, 4) is 22.3 Å². The number of nitrogen functional groups attached to an aromatic ring is 1. The van der Waals surface area contributed by atoms with Crippen LogP contribution in [-0.4, -0.2) is 56.4 Å². The lowest BCUT2D eigenvalue weighted by molar-refractivity contribution is -0.155. The number of carbonyl (C=O) groups is 5. The Morgan fingerprint density at radius 2 is 0.933 bits per heavy atom. The van der Waals surface area contributed by atoms with Crippen molar-refractivity contribution in [1.82, 2.24) is 15.4 Å². The SMILES string of the molecule is CC(C)(C)OC(=O)CCC(=O)c1c(NN)[nH]cc(-c2ccccc2)c1=O.CC(C)(C)OC(=O)CCC(=O)c1c(NNC(=O)OC(C)(C)C)[nH]cc(-c2ccccc2)c1=O.Cl. The van der Waals surface area contributed by atoms with E-state index in [9.17, 15) is 33.6 Å². The van der Waals surface area contributed by atoms with Gasteiger partial charge < -0.3 is 29.6 Å². The number of halogens is 1. The van der Waals surface area contributed by atoms with Crippen LogP contribution in [0.5, 0.6) is 0 Å². The average molecular weight is 851 g/mol. The molecule has 60 heavy (non-hydrogen) atoms. The van der Waals surface area contributed by atoms with Crippen LogP contribution >= 0.6 is 12.4 Å². The highest BCUT2D eigenvalue weighted by Gasteiger charge is 2.25. The zero-order chi connectivity index (χ0) is 44.1. The van der Waals surface area contributed by atoms with E-state index >= 15 is 0 Å². The number of pyridine rings is 2. The molecule has 0 unspecified atom stereocenters. The number of hydrogen-bond acceptors (Lipinski definition) is 13. The van der Waals surface area contributed by atoms with Gasteiger partial charge in [0.05, 0.1) is 12.8 Å². The van der Waals surface area contributed by atoms with E-state index in [1.165, 1.54) is 12.4 Å². The summed E-state index contributed by atoms with van der Waals surface area (Å²) in [7, 11) is 0. The van der Waals surface area contributed by atoms with Crippen LogP contribution in [0.1, 0.15) is 109 Å². The van der Waals surface area contributed by atoms with E-state index in [-0.39, 0.29) is 66.4 Å². The number of rotatable bonds is 13. The van der Waals surface area contributed by atoms with Gasteiger partial charge in [0, 0.05) is 36.4 Å². The van der Waals surface area contributed by atoms with Gasteiger partial charge in [0.25, 0.3) is 0 Å². The summed E-state index contributed by atoms with van der Waals surface area (Å²) in [5.74, 6) is 3.42. The first-order chi connectivity index (χ1) is 27.5. The molecule has 2 aromatic heterocycles. The number of aromatic nitrogens is 2. The largest absolute Gasteiger partial charge is 0.460 e. The number of anilines is 2. The van der Waals surface area contributed by atoms with Gasteiger partial charge in [-0.15, -0.1) is 12.4 Å². The van der Waals surface area contributed by atoms with Gasteiger partial charge in [-0.2, -0.15) is 0 Å². The number of ketones is 2. The molecule has 0 aliphatic rings. The molecule has 0 bridgehead atoms. The summed E-state index contributed by atoms with van der Waals surface area (Å²) in [4.78, 5) is 93.2. The lowest BCUT2D eigenvalue weighted by Gasteiger charge is -2.20. The molecule has 0 saturated heterocycles. The number of esters is 2. The van der Waals surface area contributed by atoms with Crippen molar-refractivity contribution in [2.45, 2.75) is 105 Å². The third-order valence-electron chi connectivity index (χ3n) is 7.68. The average Bonchev–Trinajstić information content (AvgIpc) is 3.14. The highest BCUT2D eigenvalue weighted by molar-refractivity contribution is 6.03. The molecule has 324 valence electrons. The van der Waals surface area contributed by atoms with Crippen LogP contribution in [0.3, 0.4) is 0 Å². The maximum atomic E-state index is 13.2. The van der Waals surface area contributed by atoms with E-state index in [2.05, 4.69) is 26.2 Å². The number of hydrazine groups is 2. The number of aromatic amines is 2. The number of nitrogens with two attached hydrogens (primary N) is 1. The highest BCUT2D eigenvalue weighted by Crippen LogP contribution is 2.22. The van der Waals surface area contributed by atoms with Gasteiger partial charge in [-0.1, -0.05) is 60.7 Å². The number of ether oxygens (including phenoxy) is 3. The Morgan fingerprint density at radius 1 is 0.567 bits per heavy atom. The van der Waals surface area contributed by atoms with Gasteiger partial charge in [-0.05, 0) is 73.4 Å². The molecule has 2 heterocycles. The molecular weight excluding hydrogens is 796 g/mol. The molecular formula is C43H55ClN6O10. The number of H-pyrrole nitrogens is 2. The van der Waals surface area contributed by atoms with Crippen molar-refractivity contribution < 1.29 is 38.2 Å². The van der Waals surface area contributed by atoms with Gasteiger partial charge in [0.2, 0.25) is 10.9 Å². The lowest BCUT2D eigenvalue weighted by atomic mass is 10.0. The summed E-state index contributed by atoms with van der Waals surface area (Å²) < 4.78 is 15.6. The Hall–Kier alpha value is -6.26. The number of amides is 1. The van der Waals surface area contributed by atoms with Crippen molar-refractivity contribution in [3.63, 3.8) is 0 Å². The van der Waals surface area contributed by atoms with Gasteiger partial charge in [-0.3, -0.25) is 34.2 Å². The third-order valence-corrected chi connectivity index (χ3v) is 7.68. The van der Waals surface area contributed by atoms with Crippen LogP contribution < -0.4 is 33.0 Å². The van der Waals surface area contributed by atoms with Gasteiger partial charge in [0.1, 0.15) is 39.6 Å². The van der Waals surface area contributed by atoms with Gasteiger partial charge in [0.15, 0.2) is 11.6 Å². The van der Waals surface area contributed by atoms with Crippen molar-refractivity contribution >= 4 is 53.6 Å². The summed E-state index contributed by atoms with van der Waals surface area (Å²) in [5, 5.41) is 0. The van der Waals surface area contributed by atoms with Crippen molar-refractivity contribution in [2.75, 3.05) is 10.9 Å². The van der Waals surface area contributed by atoms with E-state index < -0.39 is 57.3 Å². The molecule has 0 radical (unpaired) electrons. The lowest BCUT2D eigenvalue weighted by Crippen LogP contribution is -2.37. The first kappa shape index (κ1) is 49.9. The highest BCUT2D eigenvalue weighted by atomic mass is 35.5. The van der Waals surface area contributed by atoms with Crippen LogP contribution in [-0.2, 0) is 23.8 Å². The molecule has 0 aliphatic carbocycles. The van der Waals surface area contributed by atoms with Crippen molar-refractivity contribution in [3.05, 3.63) is 105 Å². The Morgan fingerprint density at radius 3 is 1.30 bits per heavy atom. The van der Waals surface area contributed by atoms with Crippen LogP contribution in [0.2, 0.25) is 0 Å². The van der Waals surface area contributed by atoms with E-state index in [1.807, 2.05) is 12.1 Å². The maximum absolute atomic E-state index is 13.2. The minimum Gasteiger partial charge on any atom is -0.460 e. The summed E-state index contributed by atoms with van der Waals surface area (Å²) >= 11 is 0. The number of Topliss-reactive ketones (excluding diaryl/α,β-unsaturated/α-hetero) is 2. The van der Waals surface area contributed by atoms with Crippen LogP contribution in [0, 0.1) is 0 Å². The maximum Gasteiger partial charge on any atom is 0.426 e. The quantitative estimate of drug-likeness (QED) is 0.0256. The molecule has 2 aromatic carbocycles. The number of benzene rings is 2. The molecule has 0 spiro atoms. The first-order valence-corrected chi connectivity index (χ1v) is 18.8. The predicted octanol–water partition coefficient (Wildman–Crippen LogP) is 7.25. The normalized spacial score (nSPS) is 11.1. The Kier molecular flexibility index (Phi) is 18.0. The summed E-state index contributed by atoms with van der Waals surface area (Å²) in [6.07, 6.45) is 1.46. The van der Waals surface area contributed by atoms with E-state index in [0.29, 0.717) is 16.7 Å². The zero-order valence-electron chi connectivity index (χ0n) is 35.3. The fourth-order valence-corrected chi connectivity index (χ4v) is 5.35. The molecule has 17 heteroatoms. The minimum absolute atomic E-state index is 0. The molecule has 0 fully saturated rings. The second kappa shape index (κ2) is 21.7. The molecule has 0 atom stereocenters. The van der Waals surface area contributed by atoms with Gasteiger partial charge >= 0.3 is 18.0 Å². The van der Waals surface area contributed by atoms with Gasteiger partial charge in [-0.25, -0.2) is 16.1 Å². The molecule has 16 nitrogen and oxygen atoms in total. The third kappa shape index (κ3) is 15.8. The fraction of sp³-hybridized carbons (Fsp3) is 0.372. The Bertz CT molecular complexity index is 2240. The standard InChI is InChI=1S/C24H31N3O6.C19H23N3O4.ClH/c1-23(2,3)32-18(29)13-12-17(28)19-20(30)16(15-10-8-7-9-11-15)14-25-21(19)26-27-22(31)33-24(4,5)6;1-19(2,3)26-15(24)10-9-14(23)16-17(25)13(11-21-18(16)22-20)12-7-5-4-6-8-12;/h7-11,14H,12-13H2,1-6H3,(H,27,31)(H2,25,26,30);4-8,11H,9-10,20H2,1-3H3,(H2,21,22,25);1H. The Labute approximate surface area is 354 Å². The smallest absolute Gasteiger partial charge is 0.426 e. The van der Waals surface area contributed by atoms with Crippen molar-refractivity contribution in [2.24, 2.45) is 5.84 Å².